The largest absolute Gasteiger partial charge is 0.479 e. The fraction of sp³-hybridized carbons (Fsp3) is 0.500. The van der Waals surface area contributed by atoms with Gasteiger partial charge in [-0.25, -0.2) is 9.59 Å². The van der Waals surface area contributed by atoms with E-state index in [0.717, 1.165) is 0 Å². The van der Waals surface area contributed by atoms with Gasteiger partial charge in [0.05, 0.1) is 6.42 Å². The Kier molecular flexibility index (Phi) is 6.77. The maximum atomic E-state index is 10.9. The minimum Gasteiger partial charge on any atom is -0.479 e. The van der Waals surface area contributed by atoms with Gasteiger partial charge in [-0.1, -0.05) is 0 Å². The SMILES string of the molecule is O=C(O)COC(=O)CCC(=S)OCC(=O)O. The first kappa shape index (κ1) is 14.3. The average molecular weight is 250 g/mol. The molecule has 0 bridgehead atoms. The number of carboxylic acid groups (broad SMARTS) is 2. The van der Waals surface area contributed by atoms with E-state index >= 15 is 0 Å². The molecule has 0 atom stereocenters. The molecule has 0 radical (unpaired) electrons. The predicted octanol–water partition coefficient (Wildman–Crippen LogP) is -0.177. The second-order valence-corrected chi connectivity index (χ2v) is 3.06. The molecule has 0 unspecified atom stereocenters. The molecule has 16 heavy (non-hydrogen) atoms. The van der Waals surface area contributed by atoms with E-state index in [2.05, 4.69) is 21.7 Å². The summed E-state index contributed by atoms with van der Waals surface area (Å²) in [6, 6.07) is 0. The molecule has 0 saturated heterocycles. The molecule has 90 valence electrons. The summed E-state index contributed by atoms with van der Waals surface area (Å²) in [7, 11) is 0. The van der Waals surface area contributed by atoms with Gasteiger partial charge in [-0.3, -0.25) is 4.79 Å². The van der Waals surface area contributed by atoms with Gasteiger partial charge < -0.3 is 19.7 Å². The second-order valence-electron chi connectivity index (χ2n) is 2.61. The van der Waals surface area contributed by atoms with Gasteiger partial charge in [0.1, 0.15) is 0 Å². The van der Waals surface area contributed by atoms with Crippen molar-refractivity contribution < 1.29 is 34.1 Å². The summed E-state index contributed by atoms with van der Waals surface area (Å²) in [5, 5.41) is 16.4. The third-order valence-corrected chi connectivity index (χ3v) is 1.57. The summed E-state index contributed by atoms with van der Waals surface area (Å²) in [6.45, 7) is -1.27. The third-order valence-electron chi connectivity index (χ3n) is 1.25. The molecule has 0 aliphatic carbocycles. The maximum absolute atomic E-state index is 10.9. The zero-order valence-electron chi connectivity index (χ0n) is 8.17. The molecule has 0 spiro atoms. The molecule has 7 nitrogen and oxygen atoms in total. The van der Waals surface area contributed by atoms with Gasteiger partial charge in [-0.05, 0) is 12.2 Å². The van der Waals surface area contributed by atoms with Crippen molar-refractivity contribution >= 4 is 35.2 Å². The molecular formula is C8H10O7S. The summed E-state index contributed by atoms with van der Waals surface area (Å²) in [4.78, 5) is 31.0. The van der Waals surface area contributed by atoms with E-state index in [1.807, 2.05) is 0 Å². The van der Waals surface area contributed by atoms with Crippen LogP contribution in [0.3, 0.4) is 0 Å². The van der Waals surface area contributed by atoms with Gasteiger partial charge in [0, 0.05) is 6.42 Å². The molecule has 0 aromatic carbocycles. The Balaban J connectivity index is 3.63. The van der Waals surface area contributed by atoms with Crippen LogP contribution in [0.2, 0.25) is 0 Å². The summed E-state index contributed by atoms with van der Waals surface area (Å²) >= 11 is 4.62. The van der Waals surface area contributed by atoms with Gasteiger partial charge in [-0.15, -0.1) is 0 Å². The fourth-order valence-electron chi connectivity index (χ4n) is 0.633. The van der Waals surface area contributed by atoms with E-state index in [9.17, 15) is 14.4 Å². The van der Waals surface area contributed by atoms with Gasteiger partial charge >= 0.3 is 17.9 Å². The first-order valence-electron chi connectivity index (χ1n) is 4.16. The average Bonchev–Trinajstić information content (AvgIpc) is 2.20. The van der Waals surface area contributed by atoms with Crippen LogP contribution in [0.25, 0.3) is 0 Å². The van der Waals surface area contributed by atoms with Crippen LogP contribution in [0.1, 0.15) is 12.8 Å². The number of hydrogen-bond donors (Lipinski definition) is 2. The van der Waals surface area contributed by atoms with E-state index in [0.29, 0.717) is 0 Å². The van der Waals surface area contributed by atoms with Crippen molar-refractivity contribution in [1.29, 1.82) is 0 Å². The molecule has 0 aromatic rings. The number of carbonyl (C=O) groups is 3. The topological polar surface area (TPSA) is 110 Å². The Labute approximate surface area is 96.0 Å². The number of thiocarbonyl (C=S) groups is 1. The number of carbonyl (C=O) groups excluding carboxylic acids is 1. The Bertz CT molecular complexity index is 269. The van der Waals surface area contributed by atoms with Crippen molar-refractivity contribution in [2.75, 3.05) is 13.2 Å². The Morgan fingerprint density at radius 3 is 1.94 bits per heavy atom. The number of ether oxygens (including phenoxy) is 2. The van der Waals surface area contributed by atoms with Crippen LogP contribution in [-0.4, -0.2) is 46.4 Å². The predicted molar refractivity (Wildman–Crippen MR) is 54.0 cm³/mol. The van der Waals surface area contributed by atoms with Crippen molar-refractivity contribution in [1.82, 2.24) is 0 Å². The summed E-state index contributed by atoms with van der Waals surface area (Å²) in [6.07, 6.45) is -0.132. The van der Waals surface area contributed by atoms with Crippen LogP contribution >= 0.6 is 12.2 Å². The van der Waals surface area contributed by atoms with Gasteiger partial charge in [0.15, 0.2) is 18.3 Å². The van der Waals surface area contributed by atoms with Crippen molar-refractivity contribution in [3.05, 3.63) is 0 Å². The molecule has 0 aliphatic heterocycles. The van der Waals surface area contributed by atoms with E-state index in [1.165, 1.54) is 0 Å². The molecular weight excluding hydrogens is 240 g/mol. The lowest BCUT2D eigenvalue weighted by Crippen LogP contribution is -2.15. The number of carboxylic acids is 2. The van der Waals surface area contributed by atoms with E-state index < -0.39 is 31.1 Å². The number of hydrogen-bond acceptors (Lipinski definition) is 6. The van der Waals surface area contributed by atoms with Gasteiger partial charge in [0.25, 0.3) is 0 Å². The summed E-state index contributed by atoms with van der Waals surface area (Å²) in [5.74, 6) is -3.16. The van der Waals surface area contributed by atoms with Crippen LogP contribution in [0.15, 0.2) is 0 Å². The summed E-state index contributed by atoms with van der Waals surface area (Å²) in [5.41, 5.74) is 0. The molecule has 0 saturated carbocycles. The molecule has 0 rings (SSSR count). The van der Waals surface area contributed by atoms with Crippen molar-refractivity contribution in [3.8, 4) is 0 Å². The van der Waals surface area contributed by atoms with E-state index in [1.54, 1.807) is 0 Å². The lowest BCUT2D eigenvalue weighted by molar-refractivity contribution is -0.155. The fourth-order valence-corrected chi connectivity index (χ4v) is 0.794. The Hall–Kier alpha value is -1.70. The third kappa shape index (κ3) is 8.88. The van der Waals surface area contributed by atoms with Crippen molar-refractivity contribution in [2.45, 2.75) is 12.8 Å². The molecule has 0 amide bonds. The molecule has 2 N–H and O–H groups in total. The first-order valence-corrected chi connectivity index (χ1v) is 4.57. The van der Waals surface area contributed by atoms with Crippen LogP contribution in [-0.2, 0) is 23.9 Å². The highest BCUT2D eigenvalue weighted by Crippen LogP contribution is 1.98. The number of aliphatic carboxylic acids is 2. The smallest absolute Gasteiger partial charge is 0.341 e. The zero-order chi connectivity index (χ0) is 12.6. The highest BCUT2D eigenvalue weighted by atomic mass is 32.1. The van der Waals surface area contributed by atoms with Crippen molar-refractivity contribution in [3.63, 3.8) is 0 Å². The summed E-state index contributed by atoms with van der Waals surface area (Å²) < 4.78 is 8.90. The Morgan fingerprint density at radius 1 is 0.938 bits per heavy atom. The molecule has 0 heterocycles. The van der Waals surface area contributed by atoms with E-state index in [-0.39, 0.29) is 17.9 Å². The van der Waals surface area contributed by atoms with Crippen LogP contribution < -0.4 is 0 Å². The van der Waals surface area contributed by atoms with Gasteiger partial charge in [-0.2, -0.15) is 0 Å². The van der Waals surface area contributed by atoms with Gasteiger partial charge in [0.2, 0.25) is 0 Å². The highest BCUT2D eigenvalue weighted by Gasteiger charge is 2.09. The number of esters is 1. The quantitative estimate of drug-likeness (QED) is 0.473. The minimum atomic E-state index is -1.25. The maximum Gasteiger partial charge on any atom is 0.341 e. The molecule has 0 fully saturated rings. The molecule has 8 heteroatoms. The highest BCUT2D eigenvalue weighted by molar-refractivity contribution is 7.80. The lowest BCUT2D eigenvalue weighted by Gasteiger charge is -2.04. The molecule has 0 aliphatic rings. The van der Waals surface area contributed by atoms with Crippen LogP contribution in [0, 0.1) is 0 Å². The van der Waals surface area contributed by atoms with Crippen molar-refractivity contribution in [2.24, 2.45) is 0 Å². The number of rotatable bonds is 7. The first-order chi connectivity index (χ1) is 7.41. The Morgan fingerprint density at radius 2 is 1.44 bits per heavy atom. The van der Waals surface area contributed by atoms with E-state index in [4.69, 9.17) is 10.2 Å². The standard InChI is InChI=1S/C8H10O7S/c9-5(10)3-14-7(13)1-2-8(16)15-4-6(11)12/h1-4H2,(H,9,10)(H,11,12). The second kappa shape index (κ2) is 7.57. The van der Waals surface area contributed by atoms with Crippen LogP contribution in [0.4, 0.5) is 0 Å². The van der Waals surface area contributed by atoms with Crippen LogP contribution in [0.5, 0.6) is 0 Å². The zero-order valence-corrected chi connectivity index (χ0v) is 8.99. The minimum absolute atomic E-state index is 0.0149. The lowest BCUT2D eigenvalue weighted by atomic mass is 10.3. The normalized spacial score (nSPS) is 9.25. The molecule has 0 aromatic heterocycles. The monoisotopic (exact) mass is 250 g/mol.